The van der Waals surface area contributed by atoms with Crippen LogP contribution in [0.2, 0.25) is 0 Å². The second kappa shape index (κ2) is 11.9. The third-order valence-electron chi connectivity index (χ3n) is 5.42. The number of rotatable bonds is 11. The number of hydrogen-bond donors (Lipinski definition) is 0. The van der Waals surface area contributed by atoms with E-state index < -0.39 is 10.1 Å². The first kappa shape index (κ1) is 27.0. The minimum absolute atomic E-state index is 0.000356. The van der Waals surface area contributed by atoms with Crippen molar-refractivity contribution in [2.75, 3.05) is 31.5 Å². The number of benzene rings is 2. The smallest absolute Gasteiger partial charge is 0.264 e. The number of aryl methyl sites for hydroxylation is 1. The Morgan fingerprint density at radius 3 is 2.50 bits per heavy atom. The van der Waals surface area contributed by atoms with Crippen molar-refractivity contribution < 1.29 is 31.6 Å². The van der Waals surface area contributed by atoms with Crippen molar-refractivity contribution in [3.05, 3.63) is 71.4 Å². The largest absolute Gasteiger partial charge is 0.497 e. The molecule has 1 heterocycles. The molecule has 36 heavy (non-hydrogen) atoms. The Hall–Kier alpha value is -3.63. The molecule has 9 nitrogen and oxygen atoms in total. The molecule has 0 atom stereocenters. The average molecular weight is 515 g/mol. The maximum absolute atomic E-state index is 12.8. The van der Waals surface area contributed by atoms with Crippen LogP contribution >= 0.6 is 0 Å². The van der Waals surface area contributed by atoms with Gasteiger partial charge in [0.25, 0.3) is 10.1 Å². The molecular formula is C26H30N2O7S. The molecule has 2 aromatic carbocycles. The number of ether oxygens (including phenoxy) is 3. The average Bonchev–Trinajstić information content (AvgIpc) is 2.83. The molecule has 3 aromatic rings. The van der Waals surface area contributed by atoms with Crippen molar-refractivity contribution >= 4 is 21.7 Å². The Morgan fingerprint density at radius 2 is 1.81 bits per heavy atom. The lowest BCUT2D eigenvalue weighted by Crippen LogP contribution is -2.28. The minimum Gasteiger partial charge on any atom is -0.497 e. The molecule has 0 fully saturated rings. The molecule has 10 heteroatoms. The highest BCUT2D eigenvalue weighted by Gasteiger charge is 2.21. The predicted molar refractivity (Wildman–Crippen MR) is 136 cm³/mol. The molecule has 0 aliphatic carbocycles. The number of carbonyl (C=O) groups is 1. The van der Waals surface area contributed by atoms with E-state index in [-0.39, 0.29) is 31.5 Å². The number of carbonyl (C=O) groups excluding carboxylic acids is 1. The van der Waals surface area contributed by atoms with E-state index in [0.29, 0.717) is 28.5 Å². The highest BCUT2D eigenvalue weighted by Crippen LogP contribution is 2.35. The van der Waals surface area contributed by atoms with Gasteiger partial charge in [-0.3, -0.25) is 8.98 Å². The van der Waals surface area contributed by atoms with Crippen LogP contribution in [0.4, 0.5) is 5.69 Å². The normalized spacial score (nSPS) is 11.1. The minimum atomic E-state index is -3.58. The summed E-state index contributed by atoms with van der Waals surface area (Å²) in [7, 11) is -2.03. The van der Waals surface area contributed by atoms with Crippen LogP contribution < -0.4 is 19.1 Å². The summed E-state index contributed by atoms with van der Waals surface area (Å²) in [4.78, 5) is 18.7. The van der Waals surface area contributed by atoms with Crippen molar-refractivity contribution in [1.82, 2.24) is 4.98 Å². The first-order valence-corrected chi connectivity index (χ1v) is 13.0. The molecule has 1 aromatic heterocycles. The van der Waals surface area contributed by atoms with Crippen LogP contribution in [-0.2, 0) is 25.6 Å². The summed E-state index contributed by atoms with van der Waals surface area (Å²) in [6.45, 7) is 5.40. The molecule has 3 rings (SSSR count). The Bertz CT molecular complexity index is 1330. The predicted octanol–water partition coefficient (Wildman–Crippen LogP) is 4.41. The molecule has 0 bridgehead atoms. The lowest BCUT2D eigenvalue weighted by atomic mass is 10.1. The fourth-order valence-corrected chi connectivity index (χ4v) is 3.80. The number of methoxy groups -OCH3 is 1. The zero-order valence-corrected chi connectivity index (χ0v) is 21.8. The van der Waals surface area contributed by atoms with E-state index in [1.165, 1.54) is 11.8 Å². The van der Waals surface area contributed by atoms with Gasteiger partial charge in [-0.25, -0.2) is 4.98 Å². The molecule has 0 spiro atoms. The van der Waals surface area contributed by atoms with E-state index in [0.717, 1.165) is 17.4 Å². The van der Waals surface area contributed by atoms with Crippen LogP contribution in [0.3, 0.4) is 0 Å². The van der Waals surface area contributed by atoms with Gasteiger partial charge in [-0.1, -0.05) is 12.1 Å². The zero-order valence-electron chi connectivity index (χ0n) is 21.0. The highest BCUT2D eigenvalue weighted by atomic mass is 32.2. The van der Waals surface area contributed by atoms with Crippen LogP contribution in [0.15, 0.2) is 54.7 Å². The number of nitrogens with zero attached hydrogens (tertiary/aromatic N) is 2. The van der Waals surface area contributed by atoms with Crippen molar-refractivity contribution in [1.29, 1.82) is 0 Å². The SMILES string of the molecule is COc1ccc(OCCOS(C)(=O)=O)c(CN(C(C)=O)c2cccnc2Oc2cccc(C)c2C)c1. The molecule has 0 radical (unpaired) electrons. The summed E-state index contributed by atoms with van der Waals surface area (Å²) in [6, 6.07) is 14.4. The molecule has 0 aliphatic heterocycles. The van der Waals surface area contributed by atoms with Gasteiger partial charge in [-0.05, 0) is 61.4 Å². The summed E-state index contributed by atoms with van der Waals surface area (Å²) < 4.78 is 44.5. The number of aromatic nitrogens is 1. The lowest BCUT2D eigenvalue weighted by molar-refractivity contribution is -0.116. The molecule has 0 N–H and O–H groups in total. The van der Waals surface area contributed by atoms with Gasteiger partial charge < -0.3 is 19.1 Å². The Morgan fingerprint density at radius 1 is 1.03 bits per heavy atom. The standard InChI is InChI=1S/C26H30N2O7S/c1-18-8-6-10-24(19(18)2)35-26-23(9-7-13-27-26)28(20(3)29)17-21-16-22(32-4)11-12-25(21)33-14-15-34-36(5,30)31/h6-13,16H,14-15,17H2,1-5H3. The number of hydrogen-bond acceptors (Lipinski definition) is 8. The second-order valence-corrected chi connectivity index (χ2v) is 9.73. The van der Waals surface area contributed by atoms with Crippen molar-refractivity contribution in [3.63, 3.8) is 0 Å². The molecule has 0 aliphatic rings. The van der Waals surface area contributed by atoms with Gasteiger partial charge in [0.1, 0.15) is 36.1 Å². The number of amides is 1. The molecule has 0 saturated heterocycles. The van der Waals surface area contributed by atoms with E-state index in [9.17, 15) is 13.2 Å². The van der Waals surface area contributed by atoms with Gasteiger partial charge >= 0.3 is 0 Å². The summed E-state index contributed by atoms with van der Waals surface area (Å²) in [5.74, 6) is 1.73. The maximum atomic E-state index is 12.8. The Balaban J connectivity index is 1.91. The van der Waals surface area contributed by atoms with Gasteiger partial charge in [0, 0.05) is 18.7 Å². The Labute approximate surface area is 211 Å². The van der Waals surface area contributed by atoms with E-state index >= 15 is 0 Å². The summed E-state index contributed by atoms with van der Waals surface area (Å²) in [5, 5.41) is 0. The van der Waals surface area contributed by atoms with Crippen LogP contribution in [0.5, 0.6) is 23.1 Å². The number of anilines is 1. The summed E-state index contributed by atoms with van der Waals surface area (Å²) >= 11 is 0. The zero-order chi connectivity index (χ0) is 26.3. The van der Waals surface area contributed by atoms with E-state index in [1.807, 2.05) is 32.0 Å². The van der Waals surface area contributed by atoms with E-state index in [1.54, 1.807) is 43.6 Å². The van der Waals surface area contributed by atoms with Crippen molar-refractivity contribution in [3.8, 4) is 23.1 Å². The highest BCUT2D eigenvalue weighted by molar-refractivity contribution is 7.85. The first-order chi connectivity index (χ1) is 17.1. The quantitative estimate of drug-likeness (QED) is 0.274. The fourth-order valence-electron chi connectivity index (χ4n) is 3.43. The lowest BCUT2D eigenvalue weighted by Gasteiger charge is -2.25. The molecule has 192 valence electrons. The second-order valence-electron chi connectivity index (χ2n) is 8.08. The number of pyridine rings is 1. The van der Waals surface area contributed by atoms with E-state index in [2.05, 4.69) is 4.98 Å². The molecular weight excluding hydrogens is 484 g/mol. The Kier molecular flexibility index (Phi) is 8.89. The van der Waals surface area contributed by atoms with Crippen LogP contribution in [-0.4, -0.2) is 45.9 Å². The van der Waals surface area contributed by atoms with Gasteiger partial charge in [0.05, 0.1) is 19.9 Å². The van der Waals surface area contributed by atoms with Crippen molar-refractivity contribution in [2.24, 2.45) is 0 Å². The van der Waals surface area contributed by atoms with Gasteiger partial charge in [-0.2, -0.15) is 8.42 Å². The van der Waals surface area contributed by atoms with Gasteiger partial charge in [-0.15, -0.1) is 0 Å². The van der Waals surface area contributed by atoms with Crippen LogP contribution in [0, 0.1) is 13.8 Å². The summed E-state index contributed by atoms with van der Waals surface area (Å²) in [6.07, 6.45) is 2.58. The summed E-state index contributed by atoms with van der Waals surface area (Å²) in [5.41, 5.74) is 3.18. The van der Waals surface area contributed by atoms with Crippen molar-refractivity contribution in [2.45, 2.75) is 27.3 Å². The van der Waals surface area contributed by atoms with Crippen LogP contribution in [0.1, 0.15) is 23.6 Å². The third kappa shape index (κ3) is 7.19. The maximum Gasteiger partial charge on any atom is 0.264 e. The molecule has 0 unspecified atom stereocenters. The fraction of sp³-hybridized carbons (Fsp3) is 0.308. The topological polar surface area (TPSA) is 104 Å². The third-order valence-corrected chi connectivity index (χ3v) is 6.01. The molecule has 1 amide bonds. The van der Waals surface area contributed by atoms with Crippen LogP contribution in [0.25, 0.3) is 0 Å². The van der Waals surface area contributed by atoms with Gasteiger partial charge in [0.2, 0.25) is 11.8 Å². The van der Waals surface area contributed by atoms with E-state index in [4.69, 9.17) is 18.4 Å². The monoisotopic (exact) mass is 514 g/mol. The first-order valence-electron chi connectivity index (χ1n) is 11.2. The van der Waals surface area contributed by atoms with Gasteiger partial charge in [0.15, 0.2) is 0 Å². The molecule has 0 saturated carbocycles.